The van der Waals surface area contributed by atoms with Gasteiger partial charge in [-0.25, -0.2) is 0 Å². The number of benzene rings is 1. The van der Waals surface area contributed by atoms with Crippen LogP contribution in [0.4, 0.5) is 5.69 Å². The standard InChI is InChI=1S/C14H15N3S/c1-15-14(18)17-13-6-4-11(5-7-13)9-12-3-2-8-16-10-12/h2-8,10H,9H2,1H3,(H2,15,17,18). The molecule has 18 heavy (non-hydrogen) atoms. The Balaban J connectivity index is 2.02. The van der Waals surface area contributed by atoms with Gasteiger partial charge in [0.15, 0.2) is 5.11 Å². The van der Waals surface area contributed by atoms with E-state index in [1.165, 1.54) is 11.1 Å². The third-order valence-electron chi connectivity index (χ3n) is 2.57. The summed E-state index contributed by atoms with van der Waals surface area (Å²) in [6.45, 7) is 0. The zero-order chi connectivity index (χ0) is 12.8. The minimum atomic E-state index is 0.620. The molecule has 2 aromatic rings. The van der Waals surface area contributed by atoms with Gasteiger partial charge in [0.2, 0.25) is 0 Å². The Morgan fingerprint density at radius 3 is 2.56 bits per heavy atom. The first-order valence-electron chi connectivity index (χ1n) is 5.74. The Kier molecular flexibility index (Phi) is 4.25. The van der Waals surface area contributed by atoms with E-state index in [1.54, 1.807) is 13.2 Å². The van der Waals surface area contributed by atoms with Crippen molar-refractivity contribution >= 4 is 23.0 Å². The zero-order valence-electron chi connectivity index (χ0n) is 10.2. The molecule has 0 radical (unpaired) electrons. The Bertz CT molecular complexity index is 508. The number of nitrogens with zero attached hydrogens (tertiary/aromatic N) is 1. The van der Waals surface area contributed by atoms with Crippen LogP contribution in [-0.2, 0) is 6.42 Å². The van der Waals surface area contributed by atoms with Crippen LogP contribution in [-0.4, -0.2) is 17.1 Å². The van der Waals surface area contributed by atoms with E-state index in [-0.39, 0.29) is 0 Å². The SMILES string of the molecule is CNC(=S)Nc1ccc(Cc2cccnc2)cc1. The van der Waals surface area contributed by atoms with Crippen LogP contribution in [0.2, 0.25) is 0 Å². The quantitative estimate of drug-likeness (QED) is 0.829. The molecule has 92 valence electrons. The highest BCUT2D eigenvalue weighted by molar-refractivity contribution is 7.80. The van der Waals surface area contributed by atoms with Gasteiger partial charge in [-0.2, -0.15) is 0 Å². The van der Waals surface area contributed by atoms with Gasteiger partial charge in [-0.15, -0.1) is 0 Å². The summed E-state index contributed by atoms with van der Waals surface area (Å²) >= 11 is 5.04. The number of aromatic nitrogens is 1. The largest absolute Gasteiger partial charge is 0.366 e. The van der Waals surface area contributed by atoms with Crippen molar-refractivity contribution in [2.75, 3.05) is 12.4 Å². The van der Waals surface area contributed by atoms with Crippen molar-refractivity contribution in [3.05, 3.63) is 59.9 Å². The molecule has 0 bridgehead atoms. The predicted molar refractivity (Wildman–Crippen MR) is 78.8 cm³/mol. The van der Waals surface area contributed by atoms with E-state index >= 15 is 0 Å². The Hall–Kier alpha value is -1.94. The van der Waals surface area contributed by atoms with Gasteiger partial charge >= 0.3 is 0 Å². The molecular formula is C14H15N3S. The fourth-order valence-electron chi connectivity index (χ4n) is 1.64. The summed E-state index contributed by atoms with van der Waals surface area (Å²) in [6.07, 6.45) is 4.57. The number of nitrogens with one attached hydrogen (secondary N) is 2. The van der Waals surface area contributed by atoms with Crippen molar-refractivity contribution in [1.29, 1.82) is 0 Å². The number of rotatable bonds is 3. The molecule has 0 unspecified atom stereocenters. The summed E-state index contributed by atoms with van der Waals surface area (Å²) in [5, 5.41) is 6.59. The smallest absolute Gasteiger partial charge is 0.170 e. The van der Waals surface area contributed by atoms with Gasteiger partial charge in [0.25, 0.3) is 0 Å². The summed E-state index contributed by atoms with van der Waals surface area (Å²) in [6, 6.07) is 12.3. The normalized spacial score (nSPS) is 9.83. The summed E-state index contributed by atoms with van der Waals surface area (Å²) in [4.78, 5) is 4.11. The average molecular weight is 257 g/mol. The Morgan fingerprint density at radius 2 is 1.94 bits per heavy atom. The molecule has 0 atom stereocenters. The molecule has 1 heterocycles. The number of thiocarbonyl (C=S) groups is 1. The molecule has 0 aliphatic heterocycles. The van der Waals surface area contributed by atoms with Crippen LogP contribution in [0.5, 0.6) is 0 Å². The second-order valence-corrected chi connectivity index (χ2v) is 4.35. The first kappa shape index (κ1) is 12.5. The van der Waals surface area contributed by atoms with E-state index in [1.807, 2.05) is 24.4 Å². The number of anilines is 1. The van der Waals surface area contributed by atoms with Gasteiger partial charge in [-0.3, -0.25) is 4.98 Å². The van der Waals surface area contributed by atoms with Crippen LogP contribution in [0.3, 0.4) is 0 Å². The fraction of sp³-hybridized carbons (Fsp3) is 0.143. The van der Waals surface area contributed by atoms with Gasteiger partial charge in [0, 0.05) is 25.1 Å². The van der Waals surface area contributed by atoms with E-state index < -0.39 is 0 Å². The van der Waals surface area contributed by atoms with Gasteiger partial charge < -0.3 is 10.6 Å². The van der Waals surface area contributed by atoms with E-state index in [4.69, 9.17) is 12.2 Å². The maximum atomic E-state index is 5.04. The third kappa shape index (κ3) is 3.53. The lowest BCUT2D eigenvalue weighted by molar-refractivity contribution is 1.14. The fourth-order valence-corrected chi connectivity index (χ4v) is 1.76. The van der Waals surface area contributed by atoms with Gasteiger partial charge in [0.1, 0.15) is 0 Å². The van der Waals surface area contributed by atoms with Gasteiger partial charge in [-0.1, -0.05) is 18.2 Å². The van der Waals surface area contributed by atoms with Crippen molar-refractivity contribution in [3.8, 4) is 0 Å². The summed E-state index contributed by atoms with van der Waals surface area (Å²) < 4.78 is 0. The minimum absolute atomic E-state index is 0.620. The number of pyridine rings is 1. The molecule has 1 aromatic carbocycles. The van der Waals surface area contributed by atoms with Gasteiger partial charge in [-0.05, 0) is 48.0 Å². The monoisotopic (exact) mass is 257 g/mol. The highest BCUT2D eigenvalue weighted by Crippen LogP contribution is 2.12. The van der Waals surface area contributed by atoms with Crippen molar-refractivity contribution in [1.82, 2.24) is 10.3 Å². The second-order valence-electron chi connectivity index (χ2n) is 3.94. The zero-order valence-corrected chi connectivity index (χ0v) is 11.0. The van der Waals surface area contributed by atoms with E-state index in [0.717, 1.165) is 12.1 Å². The van der Waals surface area contributed by atoms with E-state index in [0.29, 0.717) is 5.11 Å². The Labute approximate surface area is 112 Å². The summed E-state index contributed by atoms with van der Waals surface area (Å²) in [5.74, 6) is 0. The summed E-state index contributed by atoms with van der Waals surface area (Å²) in [7, 11) is 1.80. The number of hydrogen-bond donors (Lipinski definition) is 2. The maximum absolute atomic E-state index is 5.04. The van der Waals surface area contributed by atoms with Crippen molar-refractivity contribution in [3.63, 3.8) is 0 Å². The minimum Gasteiger partial charge on any atom is -0.366 e. The van der Waals surface area contributed by atoms with Crippen molar-refractivity contribution < 1.29 is 0 Å². The van der Waals surface area contributed by atoms with Crippen molar-refractivity contribution in [2.45, 2.75) is 6.42 Å². The average Bonchev–Trinajstić information content (AvgIpc) is 2.42. The Morgan fingerprint density at radius 1 is 1.17 bits per heavy atom. The maximum Gasteiger partial charge on any atom is 0.170 e. The van der Waals surface area contributed by atoms with Crippen LogP contribution in [0.15, 0.2) is 48.8 Å². The van der Waals surface area contributed by atoms with E-state index in [9.17, 15) is 0 Å². The molecule has 0 aliphatic carbocycles. The lowest BCUT2D eigenvalue weighted by Crippen LogP contribution is -2.23. The topological polar surface area (TPSA) is 37.0 Å². The summed E-state index contributed by atoms with van der Waals surface area (Å²) in [5.41, 5.74) is 3.46. The molecule has 0 spiro atoms. The highest BCUT2D eigenvalue weighted by atomic mass is 32.1. The van der Waals surface area contributed by atoms with E-state index in [2.05, 4.69) is 33.8 Å². The predicted octanol–water partition coefficient (Wildman–Crippen LogP) is 2.59. The van der Waals surface area contributed by atoms with Crippen LogP contribution in [0.25, 0.3) is 0 Å². The van der Waals surface area contributed by atoms with Crippen LogP contribution in [0, 0.1) is 0 Å². The van der Waals surface area contributed by atoms with Crippen LogP contribution in [0.1, 0.15) is 11.1 Å². The van der Waals surface area contributed by atoms with Crippen LogP contribution < -0.4 is 10.6 Å². The third-order valence-corrected chi connectivity index (χ3v) is 2.88. The molecule has 0 saturated carbocycles. The van der Waals surface area contributed by atoms with Gasteiger partial charge in [0.05, 0.1) is 0 Å². The van der Waals surface area contributed by atoms with Crippen molar-refractivity contribution in [2.24, 2.45) is 0 Å². The number of hydrogen-bond acceptors (Lipinski definition) is 2. The molecule has 0 aliphatic rings. The molecule has 4 heteroatoms. The highest BCUT2D eigenvalue weighted by Gasteiger charge is 1.98. The molecule has 0 saturated heterocycles. The van der Waals surface area contributed by atoms with Crippen LogP contribution >= 0.6 is 12.2 Å². The molecule has 3 nitrogen and oxygen atoms in total. The molecule has 0 fully saturated rings. The lowest BCUT2D eigenvalue weighted by atomic mass is 10.1. The lowest BCUT2D eigenvalue weighted by Gasteiger charge is -2.08. The molecule has 2 rings (SSSR count). The first-order chi connectivity index (χ1) is 8.78. The molecule has 2 N–H and O–H groups in total. The molecular weight excluding hydrogens is 242 g/mol. The molecule has 1 aromatic heterocycles. The first-order valence-corrected chi connectivity index (χ1v) is 6.15. The molecule has 0 amide bonds. The second kappa shape index (κ2) is 6.12.